The quantitative estimate of drug-likeness (QED) is 0.828. The number of aromatic nitrogens is 3. The van der Waals surface area contributed by atoms with E-state index in [9.17, 15) is 0 Å². The van der Waals surface area contributed by atoms with E-state index in [-0.39, 0.29) is 0 Å². The molecule has 2 heterocycles. The van der Waals surface area contributed by atoms with E-state index in [1.54, 1.807) is 6.33 Å². The third-order valence-corrected chi connectivity index (χ3v) is 4.36. The van der Waals surface area contributed by atoms with Crippen molar-refractivity contribution in [2.75, 3.05) is 19.6 Å². The van der Waals surface area contributed by atoms with Gasteiger partial charge in [-0.25, -0.2) is 9.67 Å². The van der Waals surface area contributed by atoms with E-state index in [0.717, 1.165) is 37.9 Å². The Morgan fingerprint density at radius 3 is 2.90 bits per heavy atom. The van der Waals surface area contributed by atoms with Crippen LogP contribution in [0.25, 0.3) is 0 Å². The molecule has 1 aromatic heterocycles. The lowest BCUT2D eigenvalue weighted by Crippen LogP contribution is -2.49. The maximum Gasteiger partial charge on any atom is 0.140 e. The second kappa shape index (κ2) is 7.74. The summed E-state index contributed by atoms with van der Waals surface area (Å²) in [6.45, 7) is 12.0. The molecule has 1 aromatic rings. The standard InChI is InChI=1S/C15H29N5/c1-4-8-16-14-7-9-19(10-13(14)5-2)11-15-17-12-18-20(15)6-3/h12-14,16H,4-11H2,1-3H3. The Balaban J connectivity index is 1.89. The first-order valence-corrected chi connectivity index (χ1v) is 8.10. The van der Waals surface area contributed by atoms with Crippen LogP contribution in [0.15, 0.2) is 6.33 Å². The van der Waals surface area contributed by atoms with E-state index in [4.69, 9.17) is 0 Å². The van der Waals surface area contributed by atoms with Crippen molar-refractivity contribution in [3.8, 4) is 0 Å². The van der Waals surface area contributed by atoms with Crippen molar-refractivity contribution in [2.45, 2.75) is 59.2 Å². The molecule has 1 aliphatic rings. The second-order valence-corrected chi connectivity index (χ2v) is 5.74. The zero-order chi connectivity index (χ0) is 14.4. The monoisotopic (exact) mass is 279 g/mol. The van der Waals surface area contributed by atoms with Gasteiger partial charge in [0.15, 0.2) is 0 Å². The molecule has 1 aliphatic heterocycles. The molecular weight excluding hydrogens is 250 g/mol. The normalized spacial score (nSPS) is 24.1. The predicted molar refractivity (Wildman–Crippen MR) is 81.5 cm³/mol. The molecule has 1 fully saturated rings. The van der Waals surface area contributed by atoms with E-state index in [2.05, 4.69) is 41.1 Å². The molecular formula is C15H29N5. The van der Waals surface area contributed by atoms with Gasteiger partial charge in [0.25, 0.3) is 0 Å². The van der Waals surface area contributed by atoms with Gasteiger partial charge in [0.2, 0.25) is 0 Å². The lowest BCUT2D eigenvalue weighted by molar-refractivity contribution is 0.125. The summed E-state index contributed by atoms with van der Waals surface area (Å²) in [6, 6.07) is 0.695. The van der Waals surface area contributed by atoms with Crippen molar-refractivity contribution in [2.24, 2.45) is 5.92 Å². The van der Waals surface area contributed by atoms with Crippen molar-refractivity contribution >= 4 is 0 Å². The molecule has 2 unspecified atom stereocenters. The first-order chi connectivity index (χ1) is 9.78. The number of rotatable bonds is 7. The molecule has 5 nitrogen and oxygen atoms in total. The van der Waals surface area contributed by atoms with Crippen molar-refractivity contribution in [1.82, 2.24) is 25.0 Å². The van der Waals surface area contributed by atoms with E-state index in [1.807, 2.05) is 4.68 Å². The summed E-state index contributed by atoms with van der Waals surface area (Å²) in [4.78, 5) is 6.93. The first kappa shape index (κ1) is 15.4. The fraction of sp³-hybridized carbons (Fsp3) is 0.867. The Morgan fingerprint density at radius 1 is 1.35 bits per heavy atom. The van der Waals surface area contributed by atoms with Crippen LogP contribution in [-0.2, 0) is 13.1 Å². The summed E-state index contributed by atoms with van der Waals surface area (Å²) in [5.41, 5.74) is 0. The minimum atomic E-state index is 0.695. The van der Waals surface area contributed by atoms with Gasteiger partial charge in [-0.05, 0) is 32.2 Å². The second-order valence-electron chi connectivity index (χ2n) is 5.74. The van der Waals surface area contributed by atoms with Gasteiger partial charge in [-0.2, -0.15) is 5.10 Å². The minimum absolute atomic E-state index is 0.695. The van der Waals surface area contributed by atoms with Crippen molar-refractivity contribution in [3.63, 3.8) is 0 Å². The molecule has 1 N–H and O–H groups in total. The highest BCUT2D eigenvalue weighted by Crippen LogP contribution is 2.21. The molecule has 0 bridgehead atoms. The number of piperidine rings is 1. The molecule has 1 saturated heterocycles. The lowest BCUT2D eigenvalue weighted by Gasteiger charge is -2.38. The molecule has 5 heteroatoms. The van der Waals surface area contributed by atoms with Gasteiger partial charge in [0.1, 0.15) is 12.2 Å². The Bertz CT molecular complexity index is 389. The Kier molecular flexibility index (Phi) is 5.98. The van der Waals surface area contributed by atoms with E-state index in [1.165, 1.54) is 25.8 Å². The van der Waals surface area contributed by atoms with E-state index >= 15 is 0 Å². The van der Waals surface area contributed by atoms with Crippen LogP contribution in [-0.4, -0.2) is 45.3 Å². The largest absolute Gasteiger partial charge is 0.314 e. The molecule has 2 rings (SSSR count). The summed E-state index contributed by atoms with van der Waals surface area (Å²) < 4.78 is 2.00. The topological polar surface area (TPSA) is 46.0 Å². The highest BCUT2D eigenvalue weighted by Gasteiger charge is 2.28. The summed E-state index contributed by atoms with van der Waals surface area (Å²) >= 11 is 0. The highest BCUT2D eigenvalue weighted by molar-refractivity contribution is 4.89. The molecule has 0 amide bonds. The third kappa shape index (κ3) is 3.79. The molecule has 114 valence electrons. The Labute approximate surface area is 122 Å². The van der Waals surface area contributed by atoms with Crippen molar-refractivity contribution in [3.05, 3.63) is 12.2 Å². The highest BCUT2D eigenvalue weighted by atomic mass is 15.3. The van der Waals surface area contributed by atoms with Gasteiger partial charge >= 0.3 is 0 Å². The summed E-state index contributed by atoms with van der Waals surface area (Å²) in [5, 5.41) is 7.98. The van der Waals surface area contributed by atoms with E-state index in [0.29, 0.717) is 6.04 Å². The maximum absolute atomic E-state index is 4.40. The third-order valence-electron chi connectivity index (χ3n) is 4.36. The van der Waals surface area contributed by atoms with Gasteiger partial charge in [0.05, 0.1) is 6.54 Å². The number of hydrogen-bond acceptors (Lipinski definition) is 4. The fourth-order valence-corrected chi connectivity index (χ4v) is 3.14. The average molecular weight is 279 g/mol. The summed E-state index contributed by atoms with van der Waals surface area (Å²) in [7, 11) is 0. The molecule has 0 spiro atoms. The fourth-order valence-electron chi connectivity index (χ4n) is 3.14. The number of aryl methyl sites for hydroxylation is 1. The smallest absolute Gasteiger partial charge is 0.140 e. The minimum Gasteiger partial charge on any atom is -0.314 e. The first-order valence-electron chi connectivity index (χ1n) is 8.10. The maximum atomic E-state index is 4.40. The molecule has 0 saturated carbocycles. The SMILES string of the molecule is CCCNC1CCN(Cc2ncnn2CC)CC1CC. The summed E-state index contributed by atoms with van der Waals surface area (Å²) in [5.74, 6) is 1.86. The number of hydrogen-bond donors (Lipinski definition) is 1. The van der Waals surface area contributed by atoms with Crippen LogP contribution in [0.5, 0.6) is 0 Å². The Hall–Kier alpha value is -0.940. The van der Waals surface area contributed by atoms with E-state index < -0.39 is 0 Å². The number of likely N-dealkylation sites (tertiary alicyclic amines) is 1. The molecule has 0 radical (unpaired) electrons. The van der Waals surface area contributed by atoms with Crippen molar-refractivity contribution < 1.29 is 0 Å². The van der Waals surface area contributed by atoms with Gasteiger partial charge in [0, 0.05) is 25.7 Å². The van der Waals surface area contributed by atoms with Crippen LogP contribution < -0.4 is 5.32 Å². The van der Waals surface area contributed by atoms with Crippen LogP contribution in [0, 0.1) is 5.92 Å². The van der Waals surface area contributed by atoms with Gasteiger partial charge in [-0.3, -0.25) is 4.90 Å². The van der Waals surface area contributed by atoms with Crippen molar-refractivity contribution in [1.29, 1.82) is 0 Å². The van der Waals surface area contributed by atoms with Crippen LogP contribution in [0.1, 0.15) is 45.9 Å². The van der Waals surface area contributed by atoms with Gasteiger partial charge in [-0.1, -0.05) is 20.3 Å². The lowest BCUT2D eigenvalue weighted by atomic mass is 9.90. The zero-order valence-electron chi connectivity index (χ0n) is 13.2. The molecule has 20 heavy (non-hydrogen) atoms. The molecule has 0 aliphatic carbocycles. The number of nitrogens with one attached hydrogen (secondary N) is 1. The zero-order valence-corrected chi connectivity index (χ0v) is 13.2. The molecule has 0 aromatic carbocycles. The number of nitrogens with zero attached hydrogens (tertiary/aromatic N) is 4. The predicted octanol–water partition coefficient (Wildman–Crippen LogP) is 1.90. The van der Waals surface area contributed by atoms with Gasteiger partial charge < -0.3 is 5.32 Å². The van der Waals surface area contributed by atoms with Crippen LogP contribution in [0.3, 0.4) is 0 Å². The summed E-state index contributed by atoms with van der Waals surface area (Å²) in [6.07, 6.45) is 5.39. The van der Waals surface area contributed by atoms with Gasteiger partial charge in [-0.15, -0.1) is 0 Å². The van der Waals surface area contributed by atoms with Crippen LogP contribution >= 0.6 is 0 Å². The average Bonchev–Trinajstić information content (AvgIpc) is 2.92. The van der Waals surface area contributed by atoms with Crippen LogP contribution in [0.2, 0.25) is 0 Å². The van der Waals surface area contributed by atoms with Crippen LogP contribution in [0.4, 0.5) is 0 Å². The molecule has 2 atom stereocenters. The Morgan fingerprint density at radius 2 is 2.20 bits per heavy atom.